The predicted molar refractivity (Wildman–Crippen MR) is 77.8 cm³/mol. The van der Waals surface area contributed by atoms with Gasteiger partial charge in [-0.05, 0) is 12.5 Å². The third-order valence-electron chi connectivity index (χ3n) is 4.07. The lowest BCUT2D eigenvalue weighted by atomic mass is 9.91. The van der Waals surface area contributed by atoms with E-state index in [0.717, 1.165) is 15.3 Å². The van der Waals surface area contributed by atoms with Gasteiger partial charge in [0.25, 0.3) is 0 Å². The second-order valence-corrected chi connectivity index (χ2v) is 6.06. The molecule has 2 aromatic heterocycles. The molecular formula is C14H11ClF4N4O2. The summed E-state index contributed by atoms with van der Waals surface area (Å²) >= 11 is 5.59. The number of carbonyl (C=O) groups excluding carboxylic acids is 1. The van der Waals surface area contributed by atoms with Crippen molar-refractivity contribution in [1.82, 2.24) is 19.3 Å². The summed E-state index contributed by atoms with van der Waals surface area (Å²) < 4.78 is 54.6. The number of rotatable bonds is 3. The van der Waals surface area contributed by atoms with Crippen LogP contribution in [0.4, 0.5) is 17.6 Å². The zero-order valence-corrected chi connectivity index (χ0v) is 13.3. The van der Waals surface area contributed by atoms with Crippen LogP contribution >= 0.6 is 11.6 Å². The monoisotopic (exact) mass is 378 g/mol. The molecule has 3 rings (SSSR count). The van der Waals surface area contributed by atoms with E-state index < -0.39 is 29.6 Å². The highest BCUT2D eigenvalue weighted by Crippen LogP contribution is 2.39. The fraction of sp³-hybridized carbons (Fsp3) is 0.429. The minimum atomic E-state index is -4.62. The fourth-order valence-corrected chi connectivity index (χ4v) is 3.03. The van der Waals surface area contributed by atoms with E-state index in [9.17, 15) is 27.2 Å². The molecule has 2 atom stereocenters. The summed E-state index contributed by atoms with van der Waals surface area (Å²) in [6, 6.07) is -0.688. The van der Waals surface area contributed by atoms with E-state index in [4.69, 9.17) is 11.6 Å². The SMILES string of the molecule is O=CC1C(C(F)(F)F)CCc2nn(Cc3ncc(Cl)cc3F)c(=O)n21. The molecule has 1 aliphatic rings. The number of alkyl halides is 3. The van der Waals surface area contributed by atoms with Gasteiger partial charge in [0.05, 0.1) is 23.2 Å². The second-order valence-electron chi connectivity index (χ2n) is 5.62. The Morgan fingerprint density at radius 3 is 2.72 bits per heavy atom. The lowest BCUT2D eigenvalue weighted by Crippen LogP contribution is -2.42. The number of halogens is 5. The molecule has 1 aliphatic heterocycles. The molecule has 0 spiro atoms. The van der Waals surface area contributed by atoms with Crippen molar-refractivity contribution in [3.63, 3.8) is 0 Å². The van der Waals surface area contributed by atoms with Crippen LogP contribution in [-0.2, 0) is 17.8 Å². The van der Waals surface area contributed by atoms with Crippen molar-refractivity contribution in [3.8, 4) is 0 Å². The summed E-state index contributed by atoms with van der Waals surface area (Å²) in [4.78, 5) is 27.4. The first-order valence-corrected chi connectivity index (χ1v) is 7.60. The molecule has 0 saturated carbocycles. The molecule has 134 valence electrons. The van der Waals surface area contributed by atoms with Gasteiger partial charge in [-0.2, -0.15) is 18.3 Å². The van der Waals surface area contributed by atoms with Gasteiger partial charge in [-0.1, -0.05) is 11.6 Å². The molecule has 2 aromatic rings. The average molecular weight is 379 g/mol. The van der Waals surface area contributed by atoms with Gasteiger partial charge in [-0.15, -0.1) is 0 Å². The van der Waals surface area contributed by atoms with E-state index in [0.29, 0.717) is 0 Å². The van der Waals surface area contributed by atoms with Crippen LogP contribution < -0.4 is 5.69 Å². The van der Waals surface area contributed by atoms with Crippen LogP contribution in [-0.4, -0.2) is 31.8 Å². The summed E-state index contributed by atoms with van der Waals surface area (Å²) in [5.74, 6) is -2.68. The highest BCUT2D eigenvalue weighted by Gasteiger charge is 2.48. The Morgan fingerprint density at radius 2 is 2.12 bits per heavy atom. The van der Waals surface area contributed by atoms with Crippen LogP contribution in [0, 0.1) is 11.7 Å². The normalized spacial score (nSPS) is 20.4. The zero-order chi connectivity index (χ0) is 18.4. The van der Waals surface area contributed by atoms with E-state index in [1.165, 1.54) is 6.20 Å². The van der Waals surface area contributed by atoms with Crippen molar-refractivity contribution >= 4 is 17.9 Å². The Hall–Kier alpha value is -2.23. The zero-order valence-electron chi connectivity index (χ0n) is 12.5. The maximum Gasteiger partial charge on any atom is 0.394 e. The van der Waals surface area contributed by atoms with E-state index in [1.54, 1.807) is 0 Å². The Kier molecular flexibility index (Phi) is 4.40. The maximum atomic E-state index is 13.8. The molecule has 0 aromatic carbocycles. The number of aldehydes is 1. The second kappa shape index (κ2) is 6.25. The van der Waals surface area contributed by atoms with Gasteiger partial charge in [0.2, 0.25) is 0 Å². The van der Waals surface area contributed by atoms with Gasteiger partial charge >= 0.3 is 11.9 Å². The molecular weight excluding hydrogens is 368 g/mol. The molecule has 0 aliphatic carbocycles. The molecule has 0 radical (unpaired) electrons. The molecule has 2 unspecified atom stereocenters. The van der Waals surface area contributed by atoms with Gasteiger partial charge in [0.15, 0.2) is 0 Å². The third-order valence-corrected chi connectivity index (χ3v) is 4.28. The fourth-order valence-electron chi connectivity index (χ4n) is 2.89. The molecule has 25 heavy (non-hydrogen) atoms. The number of nitrogens with zero attached hydrogens (tertiary/aromatic N) is 4. The van der Waals surface area contributed by atoms with Crippen molar-refractivity contribution < 1.29 is 22.4 Å². The van der Waals surface area contributed by atoms with Gasteiger partial charge in [-0.25, -0.2) is 13.9 Å². The quantitative estimate of drug-likeness (QED) is 0.606. The van der Waals surface area contributed by atoms with E-state index in [2.05, 4.69) is 10.1 Å². The number of fused-ring (bicyclic) bond motifs is 1. The van der Waals surface area contributed by atoms with Crippen LogP contribution in [0.3, 0.4) is 0 Å². The Labute approximate surface area is 143 Å². The van der Waals surface area contributed by atoms with Crippen LogP contribution in [0.1, 0.15) is 24.0 Å². The molecule has 11 heteroatoms. The summed E-state index contributed by atoms with van der Waals surface area (Å²) in [7, 11) is 0. The molecule has 0 amide bonds. The number of carbonyl (C=O) groups is 1. The third kappa shape index (κ3) is 3.17. The summed E-state index contributed by atoms with van der Waals surface area (Å²) in [6.45, 7) is -0.385. The smallest absolute Gasteiger partial charge is 0.301 e. The van der Waals surface area contributed by atoms with Gasteiger partial charge in [0.1, 0.15) is 24.0 Å². The Morgan fingerprint density at radius 1 is 1.40 bits per heavy atom. The summed E-state index contributed by atoms with van der Waals surface area (Å²) in [5, 5.41) is 3.99. The van der Waals surface area contributed by atoms with Crippen molar-refractivity contribution in [3.05, 3.63) is 45.1 Å². The molecule has 3 heterocycles. The lowest BCUT2D eigenvalue weighted by molar-refractivity contribution is -0.190. The number of hydrogen-bond acceptors (Lipinski definition) is 4. The Balaban J connectivity index is 2.00. The minimum absolute atomic E-state index is 0.0528. The summed E-state index contributed by atoms with van der Waals surface area (Å²) in [5.41, 5.74) is -1.06. The lowest BCUT2D eigenvalue weighted by Gasteiger charge is -2.29. The van der Waals surface area contributed by atoms with Crippen LogP contribution in [0.25, 0.3) is 0 Å². The van der Waals surface area contributed by atoms with Gasteiger partial charge in [0, 0.05) is 12.6 Å². The first-order chi connectivity index (χ1) is 11.7. The molecule has 0 fully saturated rings. The van der Waals surface area contributed by atoms with Crippen LogP contribution in [0.15, 0.2) is 17.1 Å². The number of pyridine rings is 1. The molecule has 0 saturated heterocycles. The van der Waals surface area contributed by atoms with E-state index in [1.807, 2.05) is 0 Å². The van der Waals surface area contributed by atoms with Crippen molar-refractivity contribution in [2.75, 3.05) is 0 Å². The number of hydrogen-bond donors (Lipinski definition) is 0. The largest absolute Gasteiger partial charge is 0.394 e. The molecule has 0 N–H and O–H groups in total. The highest BCUT2D eigenvalue weighted by atomic mass is 35.5. The number of aromatic nitrogens is 4. The molecule has 0 bridgehead atoms. The first-order valence-electron chi connectivity index (χ1n) is 7.22. The Bertz CT molecular complexity index is 877. The van der Waals surface area contributed by atoms with E-state index >= 15 is 0 Å². The molecule has 6 nitrogen and oxygen atoms in total. The standard InChI is InChI=1S/C14H11ClF4N4O2/c15-7-3-9(16)10(20-4-7)5-22-13(25)23-11(6-24)8(14(17,18)19)1-2-12(23)21-22/h3-4,6,8,11H,1-2,5H2. The first kappa shape index (κ1) is 17.6. The van der Waals surface area contributed by atoms with Gasteiger partial charge < -0.3 is 4.79 Å². The predicted octanol–water partition coefficient (Wildman–Crippen LogP) is 2.15. The summed E-state index contributed by atoms with van der Waals surface area (Å²) in [6.07, 6.45) is -3.82. The van der Waals surface area contributed by atoms with Crippen molar-refractivity contribution in [2.45, 2.75) is 31.6 Å². The number of aryl methyl sites for hydroxylation is 1. The van der Waals surface area contributed by atoms with E-state index in [-0.39, 0.29) is 42.2 Å². The average Bonchev–Trinajstić information content (AvgIpc) is 2.84. The maximum absolute atomic E-state index is 13.8. The minimum Gasteiger partial charge on any atom is -0.301 e. The van der Waals surface area contributed by atoms with Crippen molar-refractivity contribution in [1.29, 1.82) is 0 Å². The topological polar surface area (TPSA) is 69.8 Å². The van der Waals surface area contributed by atoms with Crippen LogP contribution in [0.2, 0.25) is 5.02 Å². The van der Waals surface area contributed by atoms with Crippen LogP contribution in [0.5, 0.6) is 0 Å². The highest BCUT2D eigenvalue weighted by molar-refractivity contribution is 6.30. The van der Waals surface area contributed by atoms with Crippen molar-refractivity contribution in [2.24, 2.45) is 5.92 Å². The van der Waals surface area contributed by atoms with Gasteiger partial charge in [-0.3, -0.25) is 9.55 Å².